The molecule has 0 atom stereocenters. The monoisotopic (exact) mass is 302 g/mol. The molecule has 0 unspecified atom stereocenters. The second-order valence-electron chi connectivity index (χ2n) is 3.43. The Morgan fingerprint density at radius 3 is 2.46 bits per heavy atom. The van der Waals surface area contributed by atoms with Gasteiger partial charge in [-0.2, -0.15) is 0 Å². The maximum atomic E-state index is 11.5. The Bertz CT molecular complexity index is 155. The van der Waals surface area contributed by atoms with E-state index in [0.717, 1.165) is 0 Å². The first-order valence-electron chi connectivity index (χ1n) is 4.85. The Labute approximate surface area is 91.5 Å². The first kappa shape index (κ1) is 13.3. The molecule has 0 fully saturated rings. The molecule has 0 aromatic rings. The van der Waals surface area contributed by atoms with Crippen LogP contribution in [0.4, 0.5) is 0 Å². The molecule has 2 nitrogen and oxygen atoms in total. The normalized spacial score (nSPS) is 11.4. The molecule has 0 rings (SSSR count). The molecular weight excluding hydrogens is 280 g/mol. The second-order valence-corrected chi connectivity index (χ2v) is 8.33. The van der Waals surface area contributed by atoms with Crippen molar-refractivity contribution < 1.29 is 9.53 Å². The van der Waals surface area contributed by atoms with Crippen molar-refractivity contribution in [3.63, 3.8) is 0 Å². The van der Waals surface area contributed by atoms with Crippen LogP contribution in [0.15, 0.2) is 0 Å². The van der Waals surface area contributed by atoms with Gasteiger partial charge in [-0.05, 0) is 0 Å². The van der Waals surface area contributed by atoms with E-state index in [9.17, 15) is 4.79 Å². The quantitative estimate of drug-likeness (QED) is 0.428. The number of carbonyl (C=O) groups excluding carboxylic acids is 1. The van der Waals surface area contributed by atoms with E-state index in [1.54, 1.807) is 0 Å². The van der Waals surface area contributed by atoms with E-state index >= 15 is 0 Å². The van der Waals surface area contributed by atoms with E-state index in [2.05, 4.69) is 6.92 Å². The van der Waals surface area contributed by atoms with Gasteiger partial charge >= 0.3 is 91.5 Å². The molecule has 3 heteroatoms. The van der Waals surface area contributed by atoms with Gasteiger partial charge < -0.3 is 0 Å². The first-order chi connectivity index (χ1) is 6.04. The Kier molecular flexibility index (Phi) is 6.81. The number of rotatable bonds is 6. The van der Waals surface area contributed by atoms with E-state index in [0.29, 0.717) is 6.61 Å². The average molecular weight is 300 g/mol. The van der Waals surface area contributed by atoms with E-state index < -0.39 is 0 Å². The molecule has 0 aliphatic heterocycles. The number of esters is 1. The zero-order valence-electron chi connectivity index (χ0n) is 9.05. The predicted octanol–water partition coefficient (Wildman–Crippen LogP) is 2.67. The van der Waals surface area contributed by atoms with Gasteiger partial charge in [0.15, 0.2) is 0 Å². The molecule has 0 bridgehead atoms. The van der Waals surface area contributed by atoms with Crippen LogP contribution in [0, 0.1) is 0 Å². The van der Waals surface area contributed by atoms with Crippen LogP contribution in [-0.4, -0.2) is 33.5 Å². The van der Waals surface area contributed by atoms with Crippen LogP contribution in [0.1, 0.15) is 40.5 Å². The fraction of sp³-hybridized carbons (Fsp3) is 0.900. The van der Waals surface area contributed by atoms with Gasteiger partial charge in [0.25, 0.3) is 0 Å². The van der Waals surface area contributed by atoms with Crippen molar-refractivity contribution in [3.8, 4) is 0 Å². The molecule has 0 amide bonds. The maximum absolute atomic E-state index is 11.5. The number of hydrogen-bond donors (Lipinski definition) is 0. The van der Waals surface area contributed by atoms with E-state index in [1.165, 1.54) is 17.3 Å². The summed E-state index contributed by atoms with van der Waals surface area (Å²) in [5, 5.41) is 0. The zero-order chi connectivity index (χ0) is 10.3. The molecule has 0 aromatic heterocycles. The summed E-state index contributed by atoms with van der Waals surface area (Å²) in [5.41, 5.74) is 0. The number of carbonyl (C=O) groups is 1. The molecule has 78 valence electrons. The van der Waals surface area contributed by atoms with Crippen molar-refractivity contribution in [1.29, 1.82) is 0 Å². The van der Waals surface area contributed by atoms with Crippen LogP contribution in [-0.2, 0) is 9.53 Å². The summed E-state index contributed by atoms with van der Waals surface area (Å²) in [4.78, 5) is 11.5. The second kappa shape index (κ2) is 6.67. The van der Waals surface area contributed by atoms with E-state index in [1.807, 2.05) is 20.8 Å². The van der Waals surface area contributed by atoms with Crippen molar-refractivity contribution in [2.45, 2.75) is 48.5 Å². The molecule has 0 aliphatic carbocycles. The van der Waals surface area contributed by atoms with Crippen molar-refractivity contribution in [2.24, 2.45) is 0 Å². The van der Waals surface area contributed by atoms with E-state index in [-0.39, 0.29) is 30.4 Å². The first-order valence-corrected chi connectivity index (χ1v) is 7.67. The Morgan fingerprint density at radius 1 is 1.38 bits per heavy atom. The molecule has 0 radical (unpaired) electrons. The molecule has 0 saturated carbocycles. The van der Waals surface area contributed by atoms with Crippen LogP contribution in [0.5, 0.6) is 0 Å². The summed E-state index contributed by atoms with van der Waals surface area (Å²) in [5.74, 6) is -0.00602. The van der Waals surface area contributed by atoms with Crippen LogP contribution in [0.3, 0.4) is 0 Å². The summed E-state index contributed by atoms with van der Waals surface area (Å²) >= 11 is -0.234. The average Bonchev–Trinajstić information content (AvgIpc) is 2.05. The van der Waals surface area contributed by atoms with Crippen LogP contribution in [0.2, 0.25) is 7.93 Å². The van der Waals surface area contributed by atoms with Crippen LogP contribution >= 0.6 is 0 Å². The van der Waals surface area contributed by atoms with Gasteiger partial charge in [-0.25, -0.2) is 0 Å². The number of unbranched alkanes of at least 4 members (excludes halogenated alkanes) is 1. The minimum atomic E-state index is -0.234. The Balaban J connectivity index is 3.83. The van der Waals surface area contributed by atoms with Gasteiger partial charge in [0, 0.05) is 0 Å². The van der Waals surface area contributed by atoms with Gasteiger partial charge in [-0.3, -0.25) is 0 Å². The van der Waals surface area contributed by atoms with Gasteiger partial charge in [-0.1, -0.05) is 0 Å². The molecule has 0 heterocycles. The van der Waals surface area contributed by atoms with Gasteiger partial charge in [0.2, 0.25) is 0 Å². The standard InChI is InChI=1S/C10H20O2Te/c1-5-7-8-13-10(3,4)9(11)12-6-2/h5-8H2,1-4H3. The summed E-state index contributed by atoms with van der Waals surface area (Å²) in [6.07, 6.45) is 2.48. The third-order valence-electron chi connectivity index (χ3n) is 1.73. The Morgan fingerprint density at radius 2 is 2.00 bits per heavy atom. The van der Waals surface area contributed by atoms with Crippen LogP contribution in [0.25, 0.3) is 0 Å². The molecule has 0 aliphatic rings. The third kappa shape index (κ3) is 5.54. The van der Waals surface area contributed by atoms with Crippen molar-refractivity contribution >= 4 is 26.9 Å². The fourth-order valence-electron chi connectivity index (χ4n) is 0.835. The van der Waals surface area contributed by atoms with E-state index in [4.69, 9.17) is 4.74 Å². The molecular formula is C10H20O2Te. The predicted molar refractivity (Wildman–Crippen MR) is 56.1 cm³/mol. The molecule has 0 aromatic carbocycles. The number of ether oxygens (including phenoxy) is 1. The van der Waals surface area contributed by atoms with Crippen molar-refractivity contribution in [1.82, 2.24) is 0 Å². The third-order valence-corrected chi connectivity index (χ3v) is 5.67. The fourth-order valence-corrected chi connectivity index (χ4v) is 4.03. The molecule has 0 N–H and O–H groups in total. The molecule has 13 heavy (non-hydrogen) atoms. The summed E-state index contributed by atoms with van der Waals surface area (Å²) in [6.45, 7) is 8.58. The zero-order valence-corrected chi connectivity index (χ0v) is 11.4. The summed E-state index contributed by atoms with van der Waals surface area (Å²) in [6, 6.07) is 0. The minimum absolute atomic E-state index is 0.00602. The van der Waals surface area contributed by atoms with Gasteiger partial charge in [-0.15, -0.1) is 0 Å². The van der Waals surface area contributed by atoms with Crippen molar-refractivity contribution in [2.75, 3.05) is 6.61 Å². The summed E-state index contributed by atoms with van der Waals surface area (Å²) < 4.78 is 6.10. The van der Waals surface area contributed by atoms with Gasteiger partial charge in [0.1, 0.15) is 0 Å². The van der Waals surface area contributed by atoms with Crippen molar-refractivity contribution in [3.05, 3.63) is 0 Å². The Hall–Kier alpha value is 0.260. The summed E-state index contributed by atoms with van der Waals surface area (Å²) in [7, 11) is 0. The number of hydrogen-bond acceptors (Lipinski definition) is 2. The van der Waals surface area contributed by atoms with Gasteiger partial charge in [0.05, 0.1) is 0 Å². The SMILES string of the molecule is CCCC[Te]C(C)(C)C(=O)OCC. The van der Waals surface area contributed by atoms with Crippen LogP contribution < -0.4 is 0 Å². The molecule has 0 spiro atoms. The topological polar surface area (TPSA) is 26.3 Å². The molecule has 0 saturated heterocycles.